The fourth-order valence-electron chi connectivity index (χ4n) is 2.30. The van der Waals surface area contributed by atoms with E-state index < -0.39 is 15.3 Å². The maximum absolute atomic E-state index is 12.5. The van der Waals surface area contributed by atoms with E-state index in [1.54, 1.807) is 18.2 Å². The van der Waals surface area contributed by atoms with E-state index in [4.69, 9.17) is 11.6 Å². The molecule has 2 aromatic rings. The molecule has 1 aliphatic heterocycles. The Morgan fingerprint density at radius 2 is 1.90 bits per heavy atom. The molecule has 0 saturated carbocycles. The van der Waals surface area contributed by atoms with Gasteiger partial charge in [-0.25, -0.2) is 13.2 Å². The van der Waals surface area contributed by atoms with Crippen LogP contribution in [0.2, 0.25) is 0 Å². The first-order chi connectivity index (χ1) is 9.50. The topological polar surface area (TPSA) is 60.4 Å². The number of hydrogen-bond acceptors (Lipinski definition) is 4. The maximum atomic E-state index is 12.5. The van der Waals surface area contributed by atoms with E-state index in [0.29, 0.717) is 10.9 Å². The Kier molecular flexibility index (Phi) is 3.03. The van der Waals surface area contributed by atoms with Crippen LogP contribution in [-0.2, 0) is 14.6 Å². The van der Waals surface area contributed by atoms with Crippen molar-refractivity contribution >= 4 is 43.7 Å². The number of halogens is 1. The van der Waals surface area contributed by atoms with Crippen LogP contribution in [-0.4, -0.2) is 20.5 Å². The number of fused-ring (bicyclic) bond motifs is 3. The first-order valence-corrected chi connectivity index (χ1v) is 7.66. The first-order valence-electron chi connectivity index (χ1n) is 5.80. The van der Waals surface area contributed by atoms with Crippen molar-refractivity contribution in [3.05, 3.63) is 46.9 Å². The third-order valence-corrected chi connectivity index (χ3v) is 5.20. The van der Waals surface area contributed by atoms with Crippen molar-refractivity contribution < 1.29 is 17.9 Å². The molecule has 20 heavy (non-hydrogen) atoms. The highest BCUT2D eigenvalue weighted by Crippen LogP contribution is 2.38. The SMILES string of the molecule is O=C(Cl)OCC1=Cc2ccc3ccccc3c2S1(=O)=O. The summed E-state index contributed by atoms with van der Waals surface area (Å²) in [5.41, 5.74) is -0.425. The number of benzene rings is 2. The molecule has 0 amide bonds. The lowest BCUT2D eigenvalue weighted by molar-refractivity contribution is 0.185. The van der Waals surface area contributed by atoms with Crippen LogP contribution in [0.1, 0.15) is 5.56 Å². The minimum atomic E-state index is -3.64. The molecular formula is C14H9ClO4S. The van der Waals surface area contributed by atoms with Crippen LogP contribution in [0, 0.1) is 0 Å². The van der Waals surface area contributed by atoms with Crippen LogP contribution < -0.4 is 0 Å². The van der Waals surface area contributed by atoms with Crippen molar-refractivity contribution in [2.75, 3.05) is 6.61 Å². The van der Waals surface area contributed by atoms with E-state index in [2.05, 4.69) is 4.74 Å². The standard InChI is InChI=1S/C14H9ClO4S/c15-14(16)19-8-11-7-10-6-5-9-3-1-2-4-12(9)13(10)20(11,17)18/h1-7H,8H2. The summed E-state index contributed by atoms with van der Waals surface area (Å²) in [6.07, 6.45) is 1.51. The predicted octanol–water partition coefficient (Wildman–Crippen LogP) is 3.34. The minimum absolute atomic E-state index is 0.0397. The molecule has 1 aliphatic rings. The average molecular weight is 309 g/mol. The molecule has 6 heteroatoms. The van der Waals surface area contributed by atoms with Crippen LogP contribution in [0.15, 0.2) is 46.2 Å². The van der Waals surface area contributed by atoms with Gasteiger partial charge < -0.3 is 4.74 Å². The molecule has 0 atom stereocenters. The van der Waals surface area contributed by atoms with Gasteiger partial charge in [0.2, 0.25) is 9.84 Å². The average Bonchev–Trinajstić information content (AvgIpc) is 2.68. The number of carbonyl (C=O) groups is 1. The molecular weight excluding hydrogens is 300 g/mol. The van der Waals surface area contributed by atoms with Gasteiger partial charge in [0.15, 0.2) is 0 Å². The van der Waals surface area contributed by atoms with Gasteiger partial charge in [-0.2, -0.15) is 0 Å². The summed E-state index contributed by atoms with van der Waals surface area (Å²) in [6, 6.07) is 10.8. The van der Waals surface area contributed by atoms with E-state index in [0.717, 1.165) is 5.39 Å². The van der Waals surface area contributed by atoms with E-state index in [1.807, 2.05) is 18.2 Å². The summed E-state index contributed by atoms with van der Waals surface area (Å²) in [7, 11) is -3.64. The Morgan fingerprint density at radius 1 is 1.15 bits per heavy atom. The largest absolute Gasteiger partial charge is 0.448 e. The summed E-state index contributed by atoms with van der Waals surface area (Å²) in [4.78, 5) is 10.9. The van der Waals surface area contributed by atoms with Gasteiger partial charge in [0.1, 0.15) is 6.61 Å². The number of carbonyl (C=O) groups excluding carboxylic acids is 1. The Hall–Kier alpha value is -1.85. The number of rotatable bonds is 2. The maximum Gasteiger partial charge on any atom is 0.404 e. The van der Waals surface area contributed by atoms with Crippen LogP contribution in [0.3, 0.4) is 0 Å². The smallest absolute Gasteiger partial charge is 0.404 e. The van der Waals surface area contributed by atoms with Crippen molar-refractivity contribution in [1.82, 2.24) is 0 Å². The summed E-state index contributed by atoms with van der Waals surface area (Å²) in [6.45, 7) is -0.353. The summed E-state index contributed by atoms with van der Waals surface area (Å²) in [5.74, 6) is 0. The second-order valence-electron chi connectivity index (χ2n) is 4.35. The zero-order valence-corrected chi connectivity index (χ0v) is 11.7. The molecule has 0 spiro atoms. The van der Waals surface area contributed by atoms with E-state index >= 15 is 0 Å². The summed E-state index contributed by atoms with van der Waals surface area (Å²) >= 11 is 5.07. The lowest BCUT2D eigenvalue weighted by Gasteiger charge is -2.06. The van der Waals surface area contributed by atoms with E-state index in [1.165, 1.54) is 6.08 Å². The van der Waals surface area contributed by atoms with Crippen molar-refractivity contribution in [2.24, 2.45) is 0 Å². The highest BCUT2D eigenvalue weighted by molar-refractivity contribution is 7.96. The van der Waals surface area contributed by atoms with Crippen LogP contribution in [0.5, 0.6) is 0 Å². The Bertz CT molecular complexity index is 853. The van der Waals surface area contributed by atoms with Crippen molar-refractivity contribution in [1.29, 1.82) is 0 Å². The lowest BCUT2D eigenvalue weighted by Crippen LogP contribution is -2.08. The third-order valence-electron chi connectivity index (χ3n) is 3.17. The molecule has 3 rings (SSSR count). The molecule has 2 aromatic carbocycles. The predicted molar refractivity (Wildman–Crippen MR) is 76.3 cm³/mol. The summed E-state index contributed by atoms with van der Waals surface area (Å²) < 4.78 is 29.6. The van der Waals surface area contributed by atoms with Gasteiger partial charge in [0.05, 0.1) is 9.80 Å². The van der Waals surface area contributed by atoms with Crippen LogP contribution in [0.4, 0.5) is 4.79 Å². The van der Waals surface area contributed by atoms with Gasteiger partial charge in [-0.05, 0) is 17.0 Å². The summed E-state index contributed by atoms with van der Waals surface area (Å²) in [5, 5.41) is 1.51. The Labute approximate surface area is 120 Å². The van der Waals surface area contributed by atoms with Crippen molar-refractivity contribution in [2.45, 2.75) is 4.90 Å². The fraction of sp³-hybridized carbons (Fsp3) is 0.0714. The molecule has 4 nitrogen and oxygen atoms in total. The van der Waals surface area contributed by atoms with Crippen LogP contribution in [0.25, 0.3) is 16.8 Å². The molecule has 1 heterocycles. The molecule has 0 N–H and O–H groups in total. The fourth-order valence-corrected chi connectivity index (χ4v) is 4.03. The minimum Gasteiger partial charge on any atom is -0.448 e. The quantitative estimate of drug-likeness (QED) is 0.798. The molecule has 102 valence electrons. The molecule has 0 saturated heterocycles. The molecule has 0 aromatic heterocycles. The van der Waals surface area contributed by atoms with Gasteiger partial charge in [-0.1, -0.05) is 36.4 Å². The lowest BCUT2D eigenvalue weighted by atomic mass is 10.1. The van der Waals surface area contributed by atoms with Crippen molar-refractivity contribution in [3.63, 3.8) is 0 Å². The van der Waals surface area contributed by atoms with Crippen LogP contribution >= 0.6 is 11.6 Å². The number of hydrogen-bond donors (Lipinski definition) is 0. The normalized spacial score (nSPS) is 15.8. The number of ether oxygens (including phenoxy) is 1. The molecule has 0 fully saturated rings. The molecule has 0 radical (unpaired) electrons. The van der Waals surface area contributed by atoms with E-state index in [-0.39, 0.29) is 16.4 Å². The van der Waals surface area contributed by atoms with Gasteiger partial charge in [0, 0.05) is 17.0 Å². The first kappa shape index (κ1) is 13.1. The van der Waals surface area contributed by atoms with Gasteiger partial charge >= 0.3 is 5.43 Å². The molecule has 0 unspecified atom stereocenters. The van der Waals surface area contributed by atoms with Gasteiger partial charge in [-0.3, -0.25) is 0 Å². The highest BCUT2D eigenvalue weighted by atomic mass is 35.5. The Morgan fingerprint density at radius 3 is 2.65 bits per heavy atom. The number of sulfone groups is 1. The monoisotopic (exact) mass is 308 g/mol. The highest BCUT2D eigenvalue weighted by Gasteiger charge is 2.31. The van der Waals surface area contributed by atoms with E-state index in [9.17, 15) is 13.2 Å². The Balaban J connectivity index is 2.16. The van der Waals surface area contributed by atoms with Gasteiger partial charge in [-0.15, -0.1) is 0 Å². The molecule has 0 aliphatic carbocycles. The second kappa shape index (κ2) is 4.61. The zero-order valence-electron chi connectivity index (χ0n) is 10.2. The zero-order chi connectivity index (χ0) is 14.3. The van der Waals surface area contributed by atoms with Gasteiger partial charge in [0.25, 0.3) is 0 Å². The molecule has 0 bridgehead atoms. The van der Waals surface area contributed by atoms with Crippen molar-refractivity contribution in [3.8, 4) is 0 Å². The third kappa shape index (κ3) is 1.99. The second-order valence-corrected chi connectivity index (χ2v) is 6.59.